The minimum atomic E-state index is 0.862. The Labute approximate surface area is 466 Å². The molecule has 3 aromatic heterocycles. The second-order valence-electron chi connectivity index (χ2n) is 21.5. The first kappa shape index (κ1) is 45.3. The zero-order valence-electron chi connectivity index (χ0n) is 43.9. The van der Waals surface area contributed by atoms with E-state index in [1.807, 2.05) is 0 Å². The fraction of sp³-hybridized carbons (Fsp3) is 0. The van der Waals surface area contributed by atoms with Crippen molar-refractivity contribution in [2.45, 2.75) is 0 Å². The maximum Gasteiger partial charge on any atom is 0.143 e. The number of benzene rings is 14. The summed E-state index contributed by atoms with van der Waals surface area (Å²) in [7, 11) is 0. The Morgan fingerprint density at radius 1 is 0.198 bits per heavy atom. The number of nitrogens with zero attached hydrogens (tertiary/aromatic N) is 1. The molecule has 0 saturated heterocycles. The lowest BCUT2D eigenvalue weighted by Crippen LogP contribution is -1.95. The van der Waals surface area contributed by atoms with Gasteiger partial charge >= 0.3 is 0 Å². The molecule has 0 spiro atoms. The Morgan fingerprint density at radius 2 is 0.543 bits per heavy atom. The molecule has 14 aromatic carbocycles. The van der Waals surface area contributed by atoms with Crippen molar-refractivity contribution in [1.29, 1.82) is 0 Å². The molecule has 0 radical (unpaired) electrons. The quantitative estimate of drug-likeness (QED) is 0.149. The highest BCUT2D eigenvalue weighted by atomic mass is 16.3. The van der Waals surface area contributed by atoms with Crippen LogP contribution in [0.4, 0.5) is 0 Å². The van der Waals surface area contributed by atoms with Crippen molar-refractivity contribution in [1.82, 2.24) is 4.57 Å². The number of fused-ring (bicyclic) bond motifs is 15. The molecular weight excluding hydrogens is 983 g/mol. The molecule has 3 nitrogen and oxygen atoms in total. The van der Waals surface area contributed by atoms with Crippen molar-refractivity contribution in [3.63, 3.8) is 0 Å². The first-order valence-corrected chi connectivity index (χ1v) is 27.8. The SMILES string of the molecule is c1ccc(-c2ccc3oc4c(-c5ccc6c7ccc(-c8cc(-c9ccccc9)cc9c8oc8ccc(-c%10ccccc%10)cc89)cc7n(-c7ccc8c9ccccc9c9ccccc9c8c7)c6c5)cc(-c5ccccc5)cc4c3c2)cc1. The van der Waals surface area contributed by atoms with Gasteiger partial charge in [0, 0.05) is 49.1 Å². The van der Waals surface area contributed by atoms with Gasteiger partial charge in [0.15, 0.2) is 0 Å². The minimum Gasteiger partial charge on any atom is -0.455 e. The van der Waals surface area contributed by atoms with Crippen molar-refractivity contribution in [3.05, 3.63) is 285 Å². The summed E-state index contributed by atoms with van der Waals surface area (Å²) in [6.45, 7) is 0. The van der Waals surface area contributed by atoms with Gasteiger partial charge in [0.2, 0.25) is 0 Å². The summed E-state index contributed by atoms with van der Waals surface area (Å²) >= 11 is 0. The van der Waals surface area contributed by atoms with Crippen molar-refractivity contribution in [2.75, 3.05) is 0 Å². The van der Waals surface area contributed by atoms with Crippen molar-refractivity contribution in [3.8, 4) is 72.4 Å². The molecule has 376 valence electrons. The minimum absolute atomic E-state index is 0.862. The molecule has 0 amide bonds. The lowest BCUT2D eigenvalue weighted by molar-refractivity contribution is 0.669. The summed E-state index contributed by atoms with van der Waals surface area (Å²) in [6.07, 6.45) is 0. The molecule has 81 heavy (non-hydrogen) atoms. The smallest absolute Gasteiger partial charge is 0.143 e. The van der Waals surface area contributed by atoms with E-state index in [-0.39, 0.29) is 0 Å². The average Bonchev–Trinajstić information content (AvgIpc) is 4.43. The first-order chi connectivity index (χ1) is 40.1. The normalized spacial score (nSPS) is 12.0. The summed E-state index contributed by atoms with van der Waals surface area (Å²) in [4.78, 5) is 0. The molecule has 3 heterocycles. The van der Waals surface area contributed by atoms with E-state index >= 15 is 0 Å². The largest absolute Gasteiger partial charge is 0.455 e. The van der Waals surface area contributed by atoms with Gasteiger partial charge in [-0.05, 0) is 161 Å². The Morgan fingerprint density at radius 3 is 0.975 bits per heavy atom. The highest BCUT2D eigenvalue weighted by Gasteiger charge is 2.22. The van der Waals surface area contributed by atoms with Crippen LogP contribution >= 0.6 is 0 Å². The number of hydrogen-bond acceptors (Lipinski definition) is 2. The van der Waals surface area contributed by atoms with Crippen LogP contribution < -0.4 is 0 Å². The van der Waals surface area contributed by atoms with Crippen LogP contribution in [0.2, 0.25) is 0 Å². The van der Waals surface area contributed by atoms with Crippen LogP contribution in [-0.4, -0.2) is 4.57 Å². The van der Waals surface area contributed by atoms with Crippen LogP contribution in [-0.2, 0) is 0 Å². The molecule has 0 aliphatic heterocycles. The summed E-state index contributed by atoms with van der Waals surface area (Å²) < 4.78 is 16.5. The van der Waals surface area contributed by atoms with Crippen molar-refractivity contribution >= 4 is 98.0 Å². The average molecular weight is 1030 g/mol. The van der Waals surface area contributed by atoms with Crippen molar-refractivity contribution < 1.29 is 8.83 Å². The summed E-state index contributed by atoms with van der Waals surface area (Å²) in [5, 5.41) is 14.1. The predicted octanol–water partition coefficient (Wildman–Crippen LogP) is 22.0. The highest BCUT2D eigenvalue weighted by molar-refractivity contribution is 6.26. The van der Waals surface area contributed by atoms with Crippen molar-refractivity contribution in [2.24, 2.45) is 0 Å². The van der Waals surface area contributed by atoms with E-state index in [0.717, 1.165) is 127 Å². The molecule has 0 aliphatic carbocycles. The Balaban J connectivity index is 0.938. The summed E-state index contributed by atoms with van der Waals surface area (Å²) in [5.41, 5.74) is 20.2. The molecule has 0 aliphatic rings. The number of rotatable bonds is 7. The van der Waals surface area contributed by atoms with E-state index in [2.05, 4.69) is 290 Å². The lowest BCUT2D eigenvalue weighted by atomic mass is 9.94. The summed E-state index contributed by atoms with van der Waals surface area (Å²) in [5.74, 6) is 0. The Bertz CT molecular complexity index is 5080. The maximum absolute atomic E-state index is 7.01. The van der Waals surface area contributed by atoms with Crippen LogP contribution in [0, 0.1) is 0 Å². The third-order valence-electron chi connectivity index (χ3n) is 16.9. The van der Waals surface area contributed by atoms with E-state index in [0.29, 0.717) is 0 Å². The van der Waals surface area contributed by atoms with E-state index in [4.69, 9.17) is 8.83 Å². The molecule has 0 unspecified atom stereocenters. The van der Waals surface area contributed by atoms with Gasteiger partial charge in [-0.1, -0.05) is 212 Å². The lowest BCUT2D eigenvalue weighted by Gasteiger charge is -2.15. The second-order valence-corrected chi connectivity index (χ2v) is 21.5. The van der Waals surface area contributed by atoms with Crippen LogP contribution in [0.5, 0.6) is 0 Å². The molecule has 0 saturated carbocycles. The van der Waals surface area contributed by atoms with E-state index in [1.54, 1.807) is 0 Å². The van der Waals surface area contributed by atoms with Gasteiger partial charge in [0.1, 0.15) is 22.3 Å². The topological polar surface area (TPSA) is 31.2 Å². The van der Waals surface area contributed by atoms with Gasteiger partial charge in [-0.3, -0.25) is 0 Å². The zero-order chi connectivity index (χ0) is 53.1. The van der Waals surface area contributed by atoms with Gasteiger partial charge in [-0.15, -0.1) is 0 Å². The van der Waals surface area contributed by atoms with Gasteiger partial charge < -0.3 is 13.4 Å². The van der Waals surface area contributed by atoms with Crippen LogP contribution in [0.15, 0.2) is 294 Å². The third kappa shape index (κ3) is 7.22. The number of furan rings is 2. The molecule has 0 N–H and O–H groups in total. The van der Waals surface area contributed by atoms with Gasteiger partial charge in [0.05, 0.1) is 11.0 Å². The third-order valence-corrected chi connectivity index (χ3v) is 16.9. The molecule has 17 aromatic rings. The molecular formula is C78H47NO2. The van der Waals surface area contributed by atoms with E-state index < -0.39 is 0 Å². The predicted molar refractivity (Wildman–Crippen MR) is 340 cm³/mol. The van der Waals surface area contributed by atoms with Gasteiger partial charge in [-0.25, -0.2) is 0 Å². The van der Waals surface area contributed by atoms with E-state index in [1.165, 1.54) is 43.4 Å². The highest BCUT2D eigenvalue weighted by Crippen LogP contribution is 2.46. The van der Waals surface area contributed by atoms with Crippen LogP contribution in [0.25, 0.3) is 170 Å². The standard InChI is InChI=1S/C78H47NO2/c1-5-17-48(18-6-1)52-31-37-75-69(39-52)71-43-56(50-21-9-3-10-22-50)41-66(77(71)80-75)54-29-34-64-65-35-30-55(46-74(65)79(73(64)45-54)58-33-36-63-61-27-14-13-25-59(61)60-26-15-16-28-62(60)68(63)47-58)67-42-57(51-23-11-4-12-24-51)44-72-70-40-53(49-19-7-2-8-20-49)32-38-76(70)81-78(67)72/h1-47H. The van der Waals surface area contributed by atoms with Gasteiger partial charge in [0.25, 0.3) is 0 Å². The maximum atomic E-state index is 7.01. The second kappa shape index (κ2) is 17.9. The van der Waals surface area contributed by atoms with E-state index in [9.17, 15) is 0 Å². The fourth-order valence-electron chi connectivity index (χ4n) is 13.1. The zero-order valence-corrected chi connectivity index (χ0v) is 43.9. The molecule has 3 heteroatoms. The molecule has 0 atom stereocenters. The Hall–Kier alpha value is -10.7. The Kier molecular flexibility index (Phi) is 10.0. The monoisotopic (exact) mass is 1030 g/mol. The van der Waals surface area contributed by atoms with Crippen LogP contribution in [0.1, 0.15) is 0 Å². The summed E-state index contributed by atoms with van der Waals surface area (Å²) in [6, 6.07) is 104. The number of hydrogen-bond donors (Lipinski definition) is 0. The number of aromatic nitrogens is 1. The fourth-order valence-corrected chi connectivity index (χ4v) is 13.1. The first-order valence-electron chi connectivity index (χ1n) is 27.8. The van der Waals surface area contributed by atoms with Crippen LogP contribution in [0.3, 0.4) is 0 Å². The molecule has 0 bridgehead atoms. The van der Waals surface area contributed by atoms with Gasteiger partial charge in [-0.2, -0.15) is 0 Å². The molecule has 17 rings (SSSR count). The molecule has 0 fully saturated rings.